The molecular weight excluding hydrogens is 182 g/mol. The van der Waals surface area contributed by atoms with E-state index in [0.29, 0.717) is 6.54 Å². The van der Waals surface area contributed by atoms with Gasteiger partial charge in [0.25, 0.3) is 0 Å². The van der Waals surface area contributed by atoms with Crippen LogP contribution in [0.5, 0.6) is 0 Å². The van der Waals surface area contributed by atoms with Gasteiger partial charge in [0.05, 0.1) is 4.88 Å². The lowest BCUT2D eigenvalue weighted by molar-refractivity contribution is 1.08. The number of pyridine rings is 1. The highest BCUT2D eigenvalue weighted by Crippen LogP contribution is 2.26. The molecule has 0 aliphatic heterocycles. The van der Waals surface area contributed by atoms with E-state index < -0.39 is 0 Å². The van der Waals surface area contributed by atoms with Crippen molar-refractivity contribution in [2.24, 2.45) is 5.73 Å². The van der Waals surface area contributed by atoms with Crippen LogP contribution in [0.1, 0.15) is 5.56 Å². The van der Waals surface area contributed by atoms with Gasteiger partial charge in [0.15, 0.2) is 0 Å². The van der Waals surface area contributed by atoms with Gasteiger partial charge in [-0.05, 0) is 17.6 Å². The molecule has 0 spiro atoms. The molecule has 2 rings (SSSR count). The summed E-state index contributed by atoms with van der Waals surface area (Å²) in [5, 5.41) is 0. The summed E-state index contributed by atoms with van der Waals surface area (Å²) in [6.45, 7) is 0.528. The minimum absolute atomic E-state index is 0.528. The summed E-state index contributed by atoms with van der Waals surface area (Å²) in [6.07, 6.45) is 5.40. The predicted octanol–water partition coefficient (Wildman–Crippen LogP) is 1.66. The van der Waals surface area contributed by atoms with Crippen LogP contribution in [-0.2, 0) is 6.54 Å². The Morgan fingerprint density at radius 3 is 3.00 bits per heavy atom. The topological polar surface area (TPSA) is 51.8 Å². The van der Waals surface area contributed by atoms with Crippen LogP contribution in [0.15, 0.2) is 30.7 Å². The van der Waals surface area contributed by atoms with Gasteiger partial charge in [-0.3, -0.25) is 4.98 Å². The number of nitrogens with zero attached hydrogens (tertiary/aromatic N) is 2. The molecule has 2 aromatic heterocycles. The van der Waals surface area contributed by atoms with Crippen LogP contribution in [0.25, 0.3) is 10.4 Å². The maximum absolute atomic E-state index is 5.58. The molecule has 0 aliphatic rings. The first-order valence-corrected chi connectivity index (χ1v) is 4.73. The summed E-state index contributed by atoms with van der Waals surface area (Å²) in [5.74, 6) is 0. The molecule has 3 nitrogen and oxygen atoms in total. The van der Waals surface area contributed by atoms with Crippen LogP contribution in [0.3, 0.4) is 0 Å². The van der Waals surface area contributed by atoms with Crippen molar-refractivity contribution in [2.45, 2.75) is 6.54 Å². The molecule has 0 fully saturated rings. The van der Waals surface area contributed by atoms with Crippen LogP contribution in [0.4, 0.5) is 0 Å². The normalized spacial score (nSPS) is 10.2. The Hall–Kier alpha value is -1.26. The van der Waals surface area contributed by atoms with E-state index in [1.165, 1.54) is 11.5 Å². The first-order valence-electron chi connectivity index (χ1n) is 3.96. The van der Waals surface area contributed by atoms with Gasteiger partial charge in [0.1, 0.15) is 0 Å². The predicted molar refractivity (Wildman–Crippen MR) is 53.2 cm³/mol. The molecule has 0 atom stereocenters. The highest BCUT2D eigenvalue weighted by molar-refractivity contribution is 7.09. The lowest BCUT2D eigenvalue weighted by Crippen LogP contribution is -1.95. The van der Waals surface area contributed by atoms with Crippen molar-refractivity contribution < 1.29 is 0 Å². The Labute approximate surface area is 80.4 Å². The van der Waals surface area contributed by atoms with Crippen LogP contribution in [-0.4, -0.2) is 9.36 Å². The quantitative estimate of drug-likeness (QED) is 0.785. The number of hydrogen-bond donors (Lipinski definition) is 1. The number of aromatic nitrogens is 2. The minimum Gasteiger partial charge on any atom is -0.326 e. The first-order chi connectivity index (χ1) is 6.42. The van der Waals surface area contributed by atoms with E-state index in [0.717, 1.165) is 16.0 Å². The summed E-state index contributed by atoms with van der Waals surface area (Å²) in [5.41, 5.74) is 7.75. The molecule has 0 unspecified atom stereocenters. The van der Waals surface area contributed by atoms with Crippen molar-refractivity contribution >= 4 is 11.5 Å². The largest absolute Gasteiger partial charge is 0.326 e. The summed E-state index contributed by atoms with van der Waals surface area (Å²) < 4.78 is 4.10. The van der Waals surface area contributed by atoms with E-state index >= 15 is 0 Å². The average molecular weight is 191 g/mol. The van der Waals surface area contributed by atoms with Gasteiger partial charge in [0, 0.05) is 36.3 Å². The van der Waals surface area contributed by atoms with Gasteiger partial charge in [-0.25, -0.2) is 4.37 Å². The molecule has 0 saturated heterocycles. The highest BCUT2D eigenvalue weighted by atomic mass is 32.1. The van der Waals surface area contributed by atoms with Crippen LogP contribution in [0, 0.1) is 0 Å². The van der Waals surface area contributed by atoms with Gasteiger partial charge in [-0.1, -0.05) is 6.07 Å². The fourth-order valence-corrected chi connectivity index (χ4v) is 1.91. The molecule has 2 heterocycles. The number of nitrogens with two attached hydrogens (primary N) is 1. The van der Waals surface area contributed by atoms with Gasteiger partial charge in [-0.2, -0.15) is 0 Å². The van der Waals surface area contributed by atoms with Crippen LogP contribution >= 0.6 is 11.5 Å². The van der Waals surface area contributed by atoms with E-state index in [9.17, 15) is 0 Å². The number of rotatable bonds is 2. The van der Waals surface area contributed by atoms with Crippen molar-refractivity contribution in [3.8, 4) is 10.4 Å². The summed E-state index contributed by atoms with van der Waals surface area (Å²) in [4.78, 5) is 5.18. The first kappa shape index (κ1) is 8.34. The van der Waals surface area contributed by atoms with Crippen LogP contribution < -0.4 is 5.73 Å². The third kappa shape index (κ3) is 1.59. The molecule has 0 amide bonds. The Bertz CT molecular complexity index is 383. The Morgan fingerprint density at radius 1 is 1.38 bits per heavy atom. The van der Waals surface area contributed by atoms with Crippen LogP contribution in [0.2, 0.25) is 0 Å². The molecule has 66 valence electrons. The second kappa shape index (κ2) is 3.64. The molecule has 0 aliphatic carbocycles. The molecule has 0 aromatic carbocycles. The fourth-order valence-electron chi connectivity index (χ4n) is 1.14. The monoisotopic (exact) mass is 191 g/mol. The molecule has 2 aromatic rings. The number of hydrogen-bond acceptors (Lipinski definition) is 4. The van der Waals surface area contributed by atoms with Gasteiger partial charge in [0.2, 0.25) is 0 Å². The minimum atomic E-state index is 0.528. The van der Waals surface area contributed by atoms with Crippen molar-refractivity contribution in [2.75, 3.05) is 0 Å². The second-order valence-electron chi connectivity index (χ2n) is 2.63. The highest BCUT2D eigenvalue weighted by Gasteiger charge is 2.05. The van der Waals surface area contributed by atoms with Gasteiger partial charge in [-0.15, -0.1) is 0 Å². The molecule has 0 bridgehead atoms. The molecular formula is C9H9N3S. The Morgan fingerprint density at radius 2 is 2.31 bits per heavy atom. The van der Waals surface area contributed by atoms with Gasteiger partial charge < -0.3 is 5.73 Å². The zero-order valence-corrected chi connectivity index (χ0v) is 7.79. The average Bonchev–Trinajstić information content (AvgIpc) is 2.67. The molecule has 2 N–H and O–H groups in total. The van der Waals surface area contributed by atoms with Crippen molar-refractivity contribution in [3.05, 3.63) is 36.3 Å². The maximum atomic E-state index is 5.58. The van der Waals surface area contributed by atoms with E-state index in [2.05, 4.69) is 9.36 Å². The summed E-state index contributed by atoms with van der Waals surface area (Å²) >= 11 is 1.46. The molecule has 13 heavy (non-hydrogen) atoms. The van der Waals surface area contributed by atoms with Crippen molar-refractivity contribution in [3.63, 3.8) is 0 Å². The van der Waals surface area contributed by atoms with E-state index in [-0.39, 0.29) is 0 Å². The maximum Gasteiger partial charge on any atom is 0.0610 e. The van der Waals surface area contributed by atoms with Gasteiger partial charge >= 0.3 is 0 Å². The third-order valence-corrected chi connectivity index (χ3v) is 2.68. The lowest BCUT2D eigenvalue weighted by atomic mass is 10.2. The second-order valence-corrected chi connectivity index (χ2v) is 3.43. The SMILES string of the molecule is NCc1cnsc1-c1cccnc1. The summed E-state index contributed by atoms with van der Waals surface area (Å²) in [7, 11) is 0. The summed E-state index contributed by atoms with van der Waals surface area (Å²) in [6, 6.07) is 3.93. The smallest absolute Gasteiger partial charge is 0.0610 e. The zero-order valence-electron chi connectivity index (χ0n) is 6.97. The molecule has 0 radical (unpaired) electrons. The molecule has 4 heteroatoms. The van der Waals surface area contributed by atoms with E-state index in [4.69, 9.17) is 5.73 Å². The Balaban J connectivity index is 2.47. The fraction of sp³-hybridized carbons (Fsp3) is 0.111. The van der Waals surface area contributed by atoms with Crippen molar-refractivity contribution in [1.82, 2.24) is 9.36 Å². The molecule has 0 saturated carbocycles. The standard InChI is InChI=1S/C9H9N3S/c10-4-8-6-12-13-9(8)7-2-1-3-11-5-7/h1-3,5-6H,4,10H2. The zero-order chi connectivity index (χ0) is 9.10. The van der Waals surface area contributed by atoms with E-state index in [1.54, 1.807) is 6.20 Å². The lowest BCUT2D eigenvalue weighted by Gasteiger charge is -1.97. The Kier molecular flexibility index (Phi) is 2.33. The third-order valence-electron chi connectivity index (χ3n) is 1.79. The van der Waals surface area contributed by atoms with E-state index in [1.807, 2.05) is 24.5 Å². The van der Waals surface area contributed by atoms with Crippen molar-refractivity contribution in [1.29, 1.82) is 0 Å².